The number of aliphatic hydroxyl groups excluding tert-OH is 1. The van der Waals surface area contributed by atoms with Crippen LogP contribution in [0.3, 0.4) is 0 Å². The smallest absolute Gasteiger partial charge is 0.149 e. The zero-order valence-corrected chi connectivity index (χ0v) is 12.6. The second-order valence-corrected chi connectivity index (χ2v) is 6.47. The Hall–Kier alpha value is -0.980. The highest BCUT2D eigenvalue weighted by Gasteiger charge is 2.15. The van der Waals surface area contributed by atoms with Crippen LogP contribution in [-0.4, -0.2) is 12.2 Å². The van der Waals surface area contributed by atoms with Crippen molar-refractivity contribution in [2.24, 2.45) is 0 Å². The van der Waals surface area contributed by atoms with Gasteiger partial charge in [-0.15, -0.1) is 11.3 Å². The van der Waals surface area contributed by atoms with E-state index < -0.39 is 11.6 Å². The second-order valence-electron chi connectivity index (χ2n) is 4.18. The van der Waals surface area contributed by atoms with E-state index in [1.54, 1.807) is 7.05 Å². The quantitative estimate of drug-likeness (QED) is 0.905. The molecule has 0 unspecified atom stereocenters. The zero-order valence-electron chi connectivity index (χ0n) is 10.2. The topological polar surface area (TPSA) is 23.5 Å². The molecule has 19 heavy (non-hydrogen) atoms. The number of benzene rings is 1. The Balaban J connectivity index is 2.26. The molecule has 0 aliphatic heterocycles. The van der Waals surface area contributed by atoms with Gasteiger partial charge in [-0.05, 0) is 50.6 Å². The van der Waals surface area contributed by atoms with Gasteiger partial charge in [0.05, 0.1) is 10.4 Å². The van der Waals surface area contributed by atoms with E-state index in [1.807, 2.05) is 11.4 Å². The third-order valence-corrected chi connectivity index (χ3v) is 4.24. The number of thiophene rings is 1. The molecule has 102 valence electrons. The van der Waals surface area contributed by atoms with Gasteiger partial charge in [0, 0.05) is 13.6 Å². The van der Waals surface area contributed by atoms with E-state index in [1.165, 1.54) is 16.2 Å². The number of hydrogen-bond acceptors (Lipinski definition) is 3. The molecule has 1 N–H and O–H groups in total. The minimum atomic E-state index is -0.666. The molecular weight excluding hydrogens is 336 g/mol. The van der Waals surface area contributed by atoms with Crippen molar-refractivity contribution in [2.75, 3.05) is 11.9 Å². The predicted molar refractivity (Wildman–Crippen MR) is 76.4 cm³/mol. The fraction of sp³-hybridized carbons (Fsp3) is 0.231. The maximum atomic E-state index is 13.9. The van der Waals surface area contributed by atoms with Gasteiger partial charge in [-0.2, -0.15) is 0 Å². The molecule has 0 aliphatic rings. The fourth-order valence-electron chi connectivity index (χ4n) is 1.86. The summed E-state index contributed by atoms with van der Waals surface area (Å²) in [6.07, 6.45) is 0. The molecule has 0 atom stereocenters. The summed E-state index contributed by atoms with van der Waals surface area (Å²) in [5, 5.41) is 10.8. The molecule has 0 saturated heterocycles. The van der Waals surface area contributed by atoms with E-state index in [2.05, 4.69) is 15.9 Å². The lowest BCUT2D eigenvalue weighted by atomic mass is 10.1. The molecule has 2 rings (SSSR count). The SMILES string of the molecule is CN(Cc1csc(Br)c1)c1c(F)cc(CO)cc1F. The molecule has 0 saturated carbocycles. The van der Waals surface area contributed by atoms with Crippen LogP contribution in [0.1, 0.15) is 11.1 Å². The molecule has 0 radical (unpaired) electrons. The summed E-state index contributed by atoms with van der Waals surface area (Å²) in [4.78, 5) is 1.51. The standard InChI is InChI=1S/C13H12BrF2NOS/c1-17(5-9-4-12(14)19-7-9)13-10(15)2-8(6-18)3-11(13)16/h2-4,7,18H,5-6H2,1H3. The van der Waals surface area contributed by atoms with Crippen molar-refractivity contribution in [3.05, 3.63) is 50.1 Å². The van der Waals surface area contributed by atoms with Gasteiger partial charge >= 0.3 is 0 Å². The highest BCUT2D eigenvalue weighted by molar-refractivity contribution is 9.11. The van der Waals surface area contributed by atoms with Gasteiger partial charge in [0.2, 0.25) is 0 Å². The van der Waals surface area contributed by atoms with E-state index in [9.17, 15) is 8.78 Å². The summed E-state index contributed by atoms with van der Waals surface area (Å²) in [6, 6.07) is 4.22. The van der Waals surface area contributed by atoms with Crippen LogP contribution >= 0.6 is 27.3 Å². The van der Waals surface area contributed by atoms with Crippen LogP contribution in [0.25, 0.3) is 0 Å². The lowest BCUT2D eigenvalue weighted by Crippen LogP contribution is -2.19. The monoisotopic (exact) mass is 347 g/mol. The Labute approximate surface area is 122 Å². The molecule has 0 aliphatic carbocycles. The second kappa shape index (κ2) is 5.98. The molecule has 0 fully saturated rings. The van der Waals surface area contributed by atoms with Crippen LogP contribution in [0.2, 0.25) is 0 Å². The third-order valence-electron chi connectivity index (χ3n) is 2.68. The fourth-order valence-corrected chi connectivity index (χ4v) is 3.06. The molecule has 0 amide bonds. The number of aliphatic hydroxyl groups is 1. The largest absolute Gasteiger partial charge is 0.392 e. The van der Waals surface area contributed by atoms with Crippen molar-refractivity contribution in [3.63, 3.8) is 0 Å². The van der Waals surface area contributed by atoms with Crippen LogP contribution in [0.5, 0.6) is 0 Å². The van der Waals surface area contributed by atoms with Gasteiger partial charge in [-0.25, -0.2) is 8.78 Å². The van der Waals surface area contributed by atoms with E-state index in [-0.39, 0.29) is 17.9 Å². The van der Waals surface area contributed by atoms with E-state index in [4.69, 9.17) is 5.11 Å². The van der Waals surface area contributed by atoms with Crippen molar-refractivity contribution < 1.29 is 13.9 Å². The first-order valence-electron chi connectivity index (χ1n) is 5.54. The van der Waals surface area contributed by atoms with E-state index in [0.717, 1.165) is 21.5 Å². The Morgan fingerprint density at radius 1 is 1.21 bits per heavy atom. The first kappa shape index (κ1) is 14.4. The molecule has 6 heteroatoms. The number of halogens is 3. The highest BCUT2D eigenvalue weighted by atomic mass is 79.9. The maximum Gasteiger partial charge on any atom is 0.149 e. The average molecular weight is 348 g/mol. The molecule has 1 aromatic heterocycles. The maximum absolute atomic E-state index is 13.9. The van der Waals surface area contributed by atoms with Crippen LogP contribution < -0.4 is 4.90 Å². The normalized spacial score (nSPS) is 10.8. The molecule has 2 aromatic rings. The molecule has 0 spiro atoms. The van der Waals surface area contributed by atoms with Crippen LogP contribution in [-0.2, 0) is 13.2 Å². The van der Waals surface area contributed by atoms with Crippen LogP contribution in [0.4, 0.5) is 14.5 Å². The van der Waals surface area contributed by atoms with Crippen LogP contribution in [0, 0.1) is 11.6 Å². The van der Waals surface area contributed by atoms with Gasteiger partial charge in [0.25, 0.3) is 0 Å². The lowest BCUT2D eigenvalue weighted by Gasteiger charge is -2.20. The average Bonchev–Trinajstić information content (AvgIpc) is 2.73. The lowest BCUT2D eigenvalue weighted by molar-refractivity contribution is 0.280. The van der Waals surface area contributed by atoms with Gasteiger partial charge in [0.15, 0.2) is 0 Å². The Kier molecular flexibility index (Phi) is 4.54. The summed E-state index contributed by atoms with van der Waals surface area (Å²) in [6.45, 7) is 0.0315. The summed E-state index contributed by atoms with van der Waals surface area (Å²) in [7, 11) is 1.63. The van der Waals surface area contributed by atoms with Crippen molar-refractivity contribution in [3.8, 4) is 0 Å². The van der Waals surface area contributed by atoms with Gasteiger partial charge < -0.3 is 10.0 Å². The van der Waals surface area contributed by atoms with Crippen molar-refractivity contribution >= 4 is 33.0 Å². The van der Waals surface area contributed by atoms with Crippen molar-refractivity contribution in [2.45, 2.75) is 13.2 Å². The zero-order chi connectivity index (χ0) is 14.0. The number of anilines is 1. The number of hydrogen-bond donors (Lipinski definition) is 1. The summed E-state index contributed by atoms with van der Waals surface area (Å²) >= 11 is 4.88. The molecular formula is C13H12BrF2NOS. The van der Waals surface area contributed by atoms with Gasteiger partial charge in [-0.1, -0.05) is 0 Å². The Morgan fingerprint density at radius 3 is 2.32 bits per heavy atom. The number of nitrogens with zero attached hydrogens (tertiary/aromatic N) is 1. The Morgan fingerprint density at radius 2 is 1.84 bits per heavy atom. The molecule has 0 bridgehead atoms. The predicted octanol–water partition coefficient (Wildman–Crippen LogP) is 3.92. The summed E-state index contributed by atoms with van der Waals surface area (Å²) < 4.78 is 28.7. The molecule has 2 nitrogen and oxygen atoms in total. The van der Waals surface area contributed by atoms with E-state index in [0.29, 0.717) is 6.54 Å². The van der Waals surface area contributed by atoms with Gasteiger partial charge in [0.1, 0.15) is 17.3 Å². The van der Waals surface area contributed by atoms with E-state index >= 15 is 0 Å². The van der Waals surface area contributed by atoms with Gasteiger partial charge in [-0.3, -0.25) is 0 Å². The van der Waals surface area contributed by atoms with Crippen molar-refractivity contribution in [1.82, 2.24) is 0 Å². The summed E-state index contributed by atoms with van der Waals surface area (Å²) in [5.41, 5.74) is 1.12. The third kappa shape index (κ3) is 3.32. The number of rotatable bonds is 4. The Bertz CT molecular complexity index is 565. The first-order chi connectivity index (χ1) is 9.01. The first-order valence-corrected chi connectivity index (χ1v) is 7.21. The highest BCUT2D eigenvalue weighted by Crippen LogP contribution is 2.27. The minimum Gasteiger partial charge on any atom is -0.392 e. The molecule has 1 aromatic carbocycles. The van der Waals surface area contributed by atoms with Crippen molar-refractivity contribution in [1.29, 1.82) is 0 Å². The minimum absolute atomic E-state index is 0.0838. The summed E-state index contributed by atoms with van der Waals surface area (Å²) in [5.74, 6) is -1.33. The van der Waals surface area contributed by atoms with Crippen LogP contribution in [0.15, 0.2) is 27.4 Å². The molecule has 1 heterocycles.